The second-order valence-corrected chi connectivity index (χ2v) is 7.43. The summed E-state index contributed by atoms with van der Waals surface area (Å²) in [5, 5.41) is 5.40. The summed E-state index contributed by atoms with van der Waals surface area (Å²) < 4.78 is 7.71. The van der Waals surface area contributed by atoms with Crippen molar-refractivity contribution in [1.82, 2.24) is 19.9 Å². The molecule has 1 N–H and O–H groups in total. The molecule has 0 saturated heterocycles. The zero-order valence-electron chi connectivity index (χ0n) is 15.7. The molecule has 0 atom stereocenters. The molecule has 0 fully saturated rings. The Morgan fingerprint density at radius 2 is 1.93 bits per heavy atom. The number of benzene rings is 2. The first-order valence-corrected chi connectivity index (χ1v) is 9.80. The molecule has 6 nitrogen and oxygen atoms in total. The number of amides is 1. The number of nitrogens with one attached hydrogen (secondary N) is 1. The fourth-order valence-corrected chi connectivity index (χ4v) is 3.55. The Balaban J connectivity index is 1.36. The van der Waals surface area contributed by atoms with E-state index in [9.17, 15) is 4.79 Å². The van der Waals surface area contributed by atoms with Gasteiger partial charge in [-0.3, -0.25) is 4.79 Å². The van der Waals surface area contributed by atoms with Crippen molar-refractivity contribution < 1.29 is 9.53 Å². The molecule has 0 radical (unpaired) electrons. The highest BCUT2D eigenvalue weighted by molar-refractivity contribution is 7.09. The van der Waals surface area contributed by atoms with E-state index >= 15 is 0 Å². The van der Waals surface area contributed by atoms with Crippen molar-refractivity contribution in [1.29, 1.82) is 0 Å². The minimum atomic E-state index is -0.218. The molecule has 2 heterocycles. The van der Waals surface area contributed by atoms with Crippen molar-refractivity contribution in [2.75, 3.05) is 0 Å². The van der Waals surface area contributed by atoms with E-state index in [0.29, 0.717) is 18.8 Å². The van der Waals surface area contributed by atoms with Gasteiger partial charge in [-0.05, 0) is 31.2 Å². The predicted octanol–water partition coefficient (Wildman–Crippen LogP) is 3.85. The van der Waals surface area contributed by atoms with Gasteiger partial charge >= 0.3 is 0 Å². The van der Waals surface area contributed by atoms with Gasteiger partial charge in [0.15, 0.2) is 0 Å². The molecule has 142 valence electrons. The van der Waals surface area contributed by atoms with Gasteiger partial charge in [0.05, 0.1) is 17.6 Å². The normalized spacial score (nSPS) is 10.9. The Kier molecular flexibility index (Phi) is 5.08. The quantitative estimate of drug-likeness (QED) is 0.541. The van der Waals surface area contributed by atoms with Crippen LogP contribution >= 0.6 is 11.3 Å². The molecule has 28 heavy (non-hydrogen) atoms. The molecule has 0 aliphatic carbocycles. The molecule has 0 aliphatic rings. The van der Waals surface area contributed by atoms with Crippen LogP contribution in [0.3, 0.4) is 0 Å². The van der Waals surface area contributed by atoms with Crippen molar-refractivity contribution in [2.24, 2.45) is 7.05 Å². The van der Waals surface area contributed by atoms with Crippen LogP contribution in [0, 0.1) is 6.92 Å². The lowest BCUT2D eigenvalue weighted by atomic mass is 10.2. The molecule has 0 bridgehead atoms. The maximum atomic E-state index is 12.4. The fourth-order valence-electron chi connectivity index (χ4n) is 2.86. The third-order valence-electron chi connectivity index (χ3n) is 4.45. The van der Waals surface area contributed by atoms with Crippen LogP contribution in [0.15, 0.2) is 53.9 Å². The summed E-state index contributed by atoms with van der Waals surface area (Å²) in [6.45, 7) is 2.71. The molecule has 4 rings (SSSR count). The van der Waals surface area contributed by atoms with Gasteiger partial charge in [-0.15, -0.1) is 11.3 Å². The number of aromatic nitrogens is 3. The summed E-state index contributed by atoms with van der Waals surface area (Å²) in [7, 11) is 1.94. The van der Waals surface area contributed by atoms with Gasteiger partial charge in [0, 0.05) is 12.4 Å². The Hall–Kier alpha value is -3.19. The average Bonchev–Trinajstić information content (AvgIpc) is 3.31. The van der Waals surface area contributed by atoms with E-state index in [1.165, 1.54) is 16.9 Å². The van der Waals surface area contributed by atoms with Crippen LogP contribution in [0.5, 0.6) is 5.75 Å². The van der Waals surface area contributed by atoms with Gasteiger partial charge in [-0.25, -0.2) is 9.97 Å². The summed E-state index contributed by atoms with van der Waals surface area (Å²) in [5.74, 6) is 1.37. The Morgan fingerprint density at radius 3 is 2.71 bits per heavy atom. The average molecular weight is 392 g/mol. The van der Waals surface area contributed by atoms with Crippen LogP contribution in [-0.4, -0.2) is 20.4 Å². The summed E-state index contributed by atoms with van der Waals surface area (Å²) >= 11 is 1.41. The van der Waals surface area contributed by atoms with E-state index in [4.69, 9.17) is 4.74 Å². The minimum Gasteiger partial charge on any atom is -0.486 e. The number of para-hydroxylation sites is 2. The molecule has 0 unspecified atom stereocenters. The molecular formula is C21H20N4O2S. The van der Waals surface area contributed by atoms with E-state index in [1.807, 2.05) is 67.1 Å². The highest BCUT2D eigenvalue weighted by atomic mass is 32.1. The van der Waals surface area contributed by atoms with Crippen molar-refractivity contribution in [3.8, 4) is 5.75 Å². The van der Waals surface area contributed by atoms with Gasteiger partial charge < -0.3 is 14.6 Å². The van der Waals surface area contributed by atoms with Crippen LogP contribution in [-0.2, 0) is 20.2 Å². The van der Waals surface area contributed by atoms with Gasteiger partial charge in [0.1, 0.15) is 28.9 Å². The fraction of sp³-hybridized carbons (Fsp3) is 0.190. The predicted molar refractivity (Wildman–Crippen MR) is 110 cm³/mol. The topological polar surface area (TPSA) is 69.0 Å². The smallest absolute Gasteiger partial charge is 0.271 e. The first-order valence-electron chi connectivity index (χ1n) is 8.92. The number of aryl methyl sites for hydroxylation is 2. The SMILES string of the molecule is Cc1ccc(OCc2nc(C(=O)NCc3nc4ccccc4n3C)cs2)cc1. The standard InChI is InChI=1S/C21H20N4O2S/c1-14-7-9-15(10-8-14)27-12-20-24-17(13-28-20)21(26)22-11-19-23-16-5-3-4-6-18(16)25(19)2/h3-10,13H,11-12H2,1-2H3,(H,22,26). The summed E-state index contributed by atoms with van der Waals surface area (Å²) in [6, 6.07) is 15.7. The number of hydrogen-bond donors (Lipinski definition) is 1. The van der Waals surface area contributed by atoms with Gasteiger partial charge in [-0.2, -0.15) is 0 Å². The Bertz CT molecular complexity index is 1120. The van der Waals surface area contributed by atoms with Crippen LogP contribution in [0.1, 0.15) is 26.9 Å². The van der Waals surface area contributed by atoms with E-state index in [0.717, 1.165) is 27.6 Å². The molecule has 0 aliphatic heterocycles. The molecule has 2 aromatic heterocycles. The van der Waals surface area contributed by atoms with Crippen molar-refractivity contribution >= 4 is 28.3 Å². The highest BCUT2D eigenvalue weighted by Gasteiger charge is 2.13. The van der Waals surface area contributed by atoms with Crippen molar-refractivity contribution in [2.45, 2.75) is 20.1 Å². The molecule has 2 aromatic carbocycles. The van der Waals surface area contributed by atoms with Crippen LogP contribution in [0.25, 0.3) is 11.0 Å². The summed E-state index contributed by atoms with van der Waals surface area (Å²) in [5.41, 5.74) is 3.53. The molecule has 1 amide bonds. The van der Waals surface area contributed by atoms with E-state index in [1.54, 1.807) is 5.38 Å². The number of fused-ring (bicyclic) bond motifs is 1. The lowest BCUT2D eigenvalue weighted by molar-refractivity contribution is 0.0945. The Labute approximate surface area is 166 Å². The summed E-state index contributed by atoms with van der Waals surface area (Å²) in [4.78, 5) is 21.4. The van der Waals surface area contributed by atoms with Crippen LogP contribution in [0.2, 0.25) is 0 Å². The number of imidazole rings is 1. The molecular weight excluding hydrogens is 372 g/mol. The lowest BCUT2D eigenvalue weighted by Gasteiger charge is -2.04. The minimum absolute atomic E-state index is 0.218. The van der Waals surface area contributed by atoms with E-state index in [2.05, 4.69) is 15.3 Å². The maximum absolute atomic E-state index is 12.4. The maximum Gasteiger partial charge on any atom is 0.271 e. The zero-order valence-corrected chi connectivity index (χ0v) is 16.5. The van der Waals surface area contributed by atoms with Crippen molar-refractivity contribution in [3.63, 3.8) is 0 Å². The van der Waals surface area contributed by atoms with E-state index < -0.39 is 0 Å². The second-order valence-electron chi connectivity index (χ2n) is 6.49. The number of ether oxygens (including phenoxy) is 1. The number of rotatable bonds is 6. The lowest BCUT2D eigenvalue weighted by Crippen LogP contribution is -2.24. The largest absolute Gasteiger partial charge is 0.486 e. The van der Waals surface area contributed by atoms with Gasteiger partial charge in [-0.1, -0.05) is 29.8 Å². The highest BCUT2D eigenvalue weighted by Crippen LogP contribution is 2.17. The number of carbonyl (C=O) groups is 1. The number of nitrogens with zero attached hydrogens (tertiary/aromatic N) is 3. The van der Waals surface area contributed by atoms with Gasteiger partial charge in [0.2, 0.25) is 0 Å². The van der Waals surface area contributed by atoms with Crippen LogP contribution < -0.4 is 10.1 Å². The second kappa shape index (κ2) is 7.82. The molecule has 7 heteroatoms. The van der Waals surface area contributed by atoms with E-state index in [-0.39, 0.29) is 5.91 Å². The Morgan fingerprint density at radius 1 is 1.14 bits per heavy atom. The summed E-state index contributed by atoms with van der Waals surface area (Å²) in [6.07, 6.45) is 0. The molecule has 0 saturated carbocycles. The molecule has 4 aromatic rings. The van der Waals surface area contributed by atoms with Crippen LogP contribution in [0.4, 0.5) is 0 Å². The number of thiazole rings is 1. The monoisotopic (exact) mass is 392 g/mol. The van der Waals surface area contributed by atoms with Gasteiger partial charge in [0.25, 0.3) is 5.91 Å². The van der Waals surface area contributed by atoms with Crippen molar-refractivity contribution in [3.05, 3.63) is 76.0 Å². The molecule has 0 spiro atoms. The number of hydrogen-bond acceptors (Lipinski definition) is 5. The third kappa shape index (κ3) is 3.89. The number of carbonyl (C=O) groups excluding carboxylic acids is 1. The third-order valence-corrected chi connectivity index (χ3v) is 5.28. The zero-order chi connectivity index (χ0) is 19.5. The first-order chi connectivity index (χ1) is 13.6. The first kappa shape index (κ1) is 18.2.